The van der Waals surface area contributed by atoms with Crippen molar-refractivity contribution in [3.05, 3.63) is 58.8 Å². The van der Waals surface area contributed by atoms with Crippen molar-refractivity contribution in [1.82, 2.24) is 9.88 Å². The Hall–Kier alpha value is -1.39. The van der Waals surface area contributed by atoms with Gasteiger partial charge in [-0.15, -0.1) is 0 Å². The summed E-state index contributed by atoms with van der Waals surface area (Å²) in [6.07, 6.45) is 4.86. The summed E-state index contributed by atoms with van der Waals surface area (Å²) in [4.78, 5) is 6.49. The number of benzene rings is 1. The smallest absolute Gasteiger partial charge is 0.137 e. The van der Waals surface area contributed by atoms with Gasteiger partial charge < -0.3 is 4.74 Å². The molecule has 3 rings (SSSR count). The summed E-state index contributed by atoms with van der Waals surface area (Å²) in [6.45, 7) is 3.06. The van der Waals surface area contributed by atoms with Gasteiger partial charge in [-0.2, -0.15) is 0 Å². The quantitative estimate of drug-likeness (QED) is 0.856. The first-order valence-electron chi connectivity index (χ1n) is 6.84. The van der Waals surface area contributed by atoms with Crippen LogP contribution in [0.2, 0.25) is 0 Å². The molecule has 0 N–H and O–H groups in total. The number of aromatic nitrogens is 1. The number of nitrogens with zero attached hydrogens (tertiary/aromatic N) is 2. The minimum atomic E-state index is 0.261. The molecule has 0 spiro atoms. The van der Waals surface area contributed by atoms with Crippen LogP contribution in [0.15, 0.2) is 53.3 Å². The molecular weight excluding hydrogens is 316 g/mol. The van der Waals surface area contributed by atoms with Crippen molar-refractivity contribution in [3.63, 3.8) is 0 Å². The summed E-state index contributed by atoms with van der Waals surface area (Å²) in [5.74, 6) is 0.881. The molecule has 2 heterocycles. The van der Waals surface area contributed by atoms with E-state index in [1.807, 2.05) is 6.07 Å². The van der Waals surface area contributed by atoms with Crippen LogP contribution in [0, 0.1) is 0 Å². The molecule has 20 heavy (non-hydrogen) atoms. The molecule has 0 radical (unpaired) electrons. The molecular formula is C16H17BrN2O. The number of likely N-dealkylation sites (tertiary alicyclic amines) is 1. The first-order valence-corrected chi connectivity index (χ1v) is 7.63. The van der Waals surface area contributed by atoms with Gasteiger partial charge in [0.15, 0.2) is 0 Å². The molecule has 2 aromatic rings. The average Bonchev–Trinajstić information content (AvgIpc) is 2.90. The molecule has 0 saturated carbocycles. The van der Waals surface area contributed by atoms with Gasteiger partial charge in [0.05, 0.1) is 4.47 Å². The van der Waals surface area contributed by atoms with Crippen molar-refractivity contribution in [2.24, 2.45) is 0 Å². The third-order valence-electron chi connectivity index (χ3n) is 3.51. The highest BCUT2D eigenvalue weighted by Gasteiger charge is 2.24. The van der Waals surface area contributed by atoms with Gasteiger partial charge in [-0.05, 0) is 34.0 Å². The van der Waals surface area contributed by atoms with Gasteiger partial charge in [0.2, 0.25) is 0 Å². The molecule has 1 saturated heterocycles. The zero-order chi connectivity index (χ0) is 13.8. The van der Waals surface area contributed by atoms with E-state index < -0.39 is 0 Å². The number of ether oxygens (including phenoxy) is 1. The van der Waals surface area contributed by atoms with Crippen molar-refractivity contribution >= 4 is 15.9 Å². The molecule has 1 atom stereocenters. The first-order chi connectivity index (χ1) is 9.81. The minimum absolute atomic E-state index is 0.261. The zero-order valence-electron chi connectivity index (χ0n) is 11.2. The second-order valence-electron chi connectivity index (χ2n) is 5.06. The van der Waals surface area contributed by atoms with Gasteiger partial charge in [-0.25, -0.2) is 0 Å². The lowest BCUT2D eigenvalue weighted by molar-refractivity contribution is 0.197. The molecule has 1 aromatic heterocycles. The molecule has 1 fully saturated rings. The average molecular weight is 333 g/mol. The van der Waals surface area contributed by atoms with Crippen LogP contribution < -0.4 is 4.74 Å². The van der Waals surface area contributed by atoms with Gasteiger partial charge in [0.1, 0.15) is 11.9 Å². The Balaban J connectivity index is 1.56. The molecule has 0 bridgehead atoms. The van der Waals surface area contributed by atoms with Gasteiger partial charge in [-0.3, -0.25) is 9.88 Å². The van der Waals surface area contributed by atoms with Crippen LogP contribution >= 0.6 is 15.9 Å². The van der Waals surface area contributed by atoms with Crippen LogP contribution in [0.3, 0.4) is 0 Å². The SMILES string of the molecule is Brc1cnccc1OC1CCN(Cc2ccccc2)C1. The van der Waals surface area contributed by atoms with Crippen LogP contribution in [0.1, 0.15) is 12.0 Å². The lowest BCUT2D eigenvalue weighted by Crippen LogP contribution is -2.24. The van der Waals surface area contributed by atoms with Crippen LogP contribution in [0.4, 0.5) is 0 Å². The van der Waals surface area contributed by atoms with Crippen molar-refractivity contribution < 1.29 is 4.74 Å². The zero-order valence-corrected chi connectivity index (χ0v) is 12.8. The standard InChI is InChI=1S/C16H17BrN2O/c17-15-10-18-8-6-16(15)20-14-7-9-19(12-14)11-13-4-2-1-3-5-13/h1-6,8,10,14H,7,9,11-12H2. The van der Waals surface area contributed by atoms with E-state index in [1.54, 1.807) is 12.4 Å². The topological polar surface area (TPSA) is 25.4 Å². The van der Waals surface area contributed by atoms with Crippen LogP contribution in [0.25, 0.3) is 0 Å². The molecule has 0 amide bonds. The Morgan fingerprint density at radius 3 is 2.90 bits per heavy atom. The fourth-order valence-corrected chi connectivity index (χ4v) is 2.86. The third kappa shape index (κ3) is 3.38. The minimum Gasteiger partial charge on any atom is -0.488 e. The second kappa shape index (κ2) is 6.37. The lowest BCUT2D eigenvalue weighted by Gasteiger charge is -2.17. The predicted molar refractivity (Wildman–Crippen MR) is 82.7 cm³/mol. The van der Waals surface area contributed by atoms with E-state index in [0.29, 0.717) is 0 Å². The molecule has 1 aliphatic heterocycles. The second-order valence-corrected chi connectivity index (χ2v) is 5.91. The number of hydrogen-bond acceptors (Lipinski definition) is 3. The number of halogens is 1. The normalized spacial score (nSPS) is 19.1. The Kier molecular flexibility index (Phi) is 4.33. The lowest BCUT2D eigenvalue weighted by atomic mass is 10.2. The highest BCUT2D eigenvalue weighted by molar-refractivity contribution is 9.10. The van der Waals surface area contributed by atoms with Crippen molar-refractivity contribution in [2.45, 2.75) is 19.1 Å². The molecule has 1 aromatic carbocycles. The fraction of sp³-hybridized carbons (Fsp3) is 0.312. The monoisotopic (exact) mass is 332 g/mol. The van der Waals surface area contributed by atoms with Gasteiger partial charge in [0, 0.05) is 32.0 Å². The van der Waals surface area contributed by atoms with Crippen LogP contribution in [-0.4, -0.2) is 29.1 Å². The number of hydrogen-bond donors (Lipinski definition) is 0. The van der Waals surface area contributed by atoms with E-state index in [4.69, 9.17) is 4.74 Å². The maximum absolute atomic E-state index is 6.05. The highest BCUT2D eigenvalue weighted by Crippen LogP contribution is 2.26. The molecule has 4 heteroatoms. The van der Waals surface area contributed by atoms with E-state index in [-0.39, 0.29) is 6.10 Å². The molecule has 1 unspecified atom stereocenters. The predicted octanol–water partition coefficient (Wildman–Crippen LogP) is 3.50. The highest BCUT2D eigenvalue weighted by atomic mass is 79.9. The fourth-order valence-electron chi connectivity index (χ4n) is 2.52. The van der Waals surface area contributed by atoms with Crippen molar-refractivity contribution in [1.29, 1.82) is 0 Å². The summed E-state index contributed by atoms with van der Waals surface area (Å²) in [5.41, 5.74) is 1.36. The Bertz CT molecular complexity index is 561. The summed E-state index contributed by atoms with van der Waals surface area (Å²) < 4.78 is 6.96. The van der Waals surface area contributed by atoms with Crippen LogP contribution in [-0.2, 0) is 6.54 Å². The third-order valence-corrected chi connectivity index (χ3v) is 4.10. The Morgan fingerprint density at radius 1 is 1.25 bits per heavy atom. The van der Waals surface area contributed by atoms with Gasteiger partial charge >= 0.3 is 0 Å². The molecule has 104 valence electrons. The van der Waals surface area contributed by atoms with E-state index in [2.05, 4.69) is 56.1 Å². The number of rotatable bonds is 4. The van der Waals surface area contributed by atoms with Gasteiger partial charge in [-0.1, -0.05) is 30.3 Å². The van der Waals surface area contributed by atoms with E-state index in [0.717, 1.165) is 36.3 Å². The van der Waals surface area contributed by atoms with Crippen LogP contribution in [0.5, 0.6) is 5.75 Å². The van der Waals surface area contributed by atoms with Crippen molar-refractivity contribution in [3.8, 4) is 5.75 Å². The summed E-state index contributed by atoms with van der Waals surface area (Å²) in [5, 5.41) is 0. The van der Waals surface area contributed by atoms with Crippen molar-refractivity contribution in [2.75, 3.05) is 13.1 Å². The summed E-state index contributed by atoms with van der Waals surface area (Å²) >= 11 is 3.47. The molecule has 0 aliphatic carbocycles. The maximum Gasteiger partial charge on any atom is 0.137 e. The first kappa shape index (κ1) is 13.6. The number of pyridine rings is 1. The van der Waals surface area contributed by atoms with Gasteiger partial charge in [0.25, 0.3) is 0 Å². The Morgan fingerprint density at radius 2 is 2.10 bits per heavy atom. The van der Waals surface area contributed by atoms with E-state index in [9.17, 15) is 0 Å². The molecule has 3 nitrogen and oxygen atoms in total. The maximum atomic E-state index is 6.05. The van der Waals surface area contributed by atoms with E-state index in [1.165, 1.54) is 5.56 Å². The Labute approximate surface area is 127 Å². The molecule has 1 aliphatic rings. The summed E-state index contributed by atoms with van der Waals surface area (Å²) in [6, 6.07) is 12.5. The largest absolute Gasteiger partial charge is 0.488 e. The van der Waals surface area contributed by atoms with E-state index >= 15 is 0 Å². The summed E-state index contributed by atoms with van der Waals surface area (Å²) in [7, 11) is 0.